The molecular formula is C16H28IN3O. The summed E-state index contributed by atoms with van der Waals surface area (Å²) in [5.41, 5.74) is 1.18. The van der Waals surface area contributed by atoms with E-state index in [0.717, 1.165) is 12.5 Å². The minimum atomic E-state index is 0. The molecule has 1 atom stereocenters. The zero-order chi connectivity index (χ0) is 14.8. The predicted molar refractivity (Wildman–Crippen MR) is 101 cm³/mol. The highest BCUT2D eigenvalue weighted by Crippen LogP contribution is 2.14. The molecule has 4 nitrogen and oxygen atoms in total. The summed E-state index contributed by atoms with van der Waals surface area (Å²) in [5.74, 6) is 0.913. The molecule has 0 heterocycles. The molecule has 0 saturated carbocycles. The van der Waals surface area contributed by atoms with Crippen molar-refractivity contribution < 1.29 is 4.74 Å². The van der Waals surface area contributed by atoms with Gasteiger partial charge in [-0.25, -0.2) is 0 Å². The Balaban J connectivity index is 0.00000400. The van der Waals surface area contributed by atoms with Crippen molar-refractivity contribution in [2.75, 3.05) is 34.3 Å². The normalized spacial score (nSPS) is 12.5. The SMILES string of the molecule is CCCCN(C)C(=NC)NCC(OC)c1ccccc1.I. The third-order valence-electron chi connectivity index (χ3n) is 3.32. The summed E-state index contributed by atoms with van der Waals surface area (Å²) in [6.45, 7) is 3.92. The highest BCUT2D eigenvalue weighted by molar-refractivity contribution is 14.0. The van der Waals surface area contributed by atoms with Gasteiger partial charge in [-0.2, -0.15) is 0 Å². The van der Waals surface area contributed by atoms with Crippen LogP contribution in [0.1, 0.15) is 31.4 Å². The fourth-order valence-corrected chi connectivity index (χ4v) is 2.07. The summed E-state index contributed by atoms with van der Waals surface area (Å²) in [7, 11) is 5.62. The number of methoxy groups -OCH3 is 1. The van der Waals surface area contributed by atoms with E-state index in [9.17, 15) is 0 Å². The van der Waals surface area contributed by atoms with Crippen LogP contribution in [0.2, 0.25) is 0 Å². The van der Waals surface area contributed by atoms with Gasteiger partial charge < -0.3 is 15.0 Å². The number of hydrogen-bond acceptors (Lipinski definition) is 2. The smallest absolute Gasteiger partial charge is 0.193 e. The van der Waals surface area contributed by atoms with E-state index in [-0.39, 0.29) is 30.1 Å². The van der Waals surface area contributed by atoms with E-state index in [0.29, 0.717) is 6.54 Å². The van der Waals surface area contributed by atoms with Crippen molar-refractivity contribution in [2.24, 2.45) is 4.99 Å². The Morgan fingerprint density at radius 2 is 2.00 bits per heavy atom. The molecule has 0 aliphatic rings. The fraction of sp³-hybridized carbons (Fsp3) is 0.562. The van der Waals surface area contributed by atoms with Gasteiger partial charge in [0.05, 0.1) is 6.10 Å². The first-order valence-electron chi connectivity index (χ1n) is 7.22. The Labute approximate surface area is 146 Å². The first kappa shape index (κ1) is 20.2. The molecule has 0 radical (unpaired) electrons. The number of halogens is 1. The van der Waals surface area contributed by atoms with Crippen molar-refractivity contribution in [3.8, 4) is 0 Å². The van der Waals surface area contributed by atoms with E-state index in [1.54, 1.807) is 7.11 Å². The second-order valence-corrected chi connectivity index (χ2v) is 4.84. The number of guanidine groups is 1. The number of rotatable bonds is 7. The maximum atomic E-state index is 5.56. The lowest BCUT2D eigenvalue weighted by Gasteiger charge is -2.24. The van der Waals surface area contributed by atoms with Gasteiger partial charge in [0.1, 0.15) is 0 Å². The van der Waals surface area contributed by atoms with Crippen molar-refractivity contribution in [1.29, 1.82) is 0 Å². The number of unbranched alkanes of at least 4 members (excludes halogenated alkanes) is 1. The summed E-state index contributed by atoms with van der Waals surface area (Å²) in [4.78, 5) is 6.47. The predicted octanol–water partition coefficient (Wildman–Crippen LogP) is 3.30. The highest BCUT2D eigenvalue weighted by atomic mass is 127. The van der Waals surface area contributed by atoms with E-state index in [1.165, 1.54) is 18.4 Å². The number of hydrogen-bond donors (Lipinski definition) is 1. The van der Waals surface area contributed by atoms with Gasteiger partial charge in [-0.05, 0) is 12.0 Å². The zero-order valence-corrected chi connectivity index (χ0v) is 15.8. The average molecular weight is 405 g/mol. The Morgan fingerprint density at radius 3 is 2.52 bits per heavy atom. The number of ether oxygens (including phenoxy) is 1. The van der Waals surface area contributed by atoms with Crippen LogP contribution in [0.15, 0.2) is 35.3 Å². The second kappa shape index (κ2) is 11.8. The van der Waals surface area contributed by atoms with Crippen LogP contribution < -0.4 is 5.32 Å². The van der Waals surface area contributed by atoms with Crippen LogP contribution in [0.25, 0.3) is 0 Å². The quantitative estimate of drug-likeness (QED) is 0.430. The van der Waals surface area contributed by atoms with E-state index >= 15 is 0 Å². The van der Waals surface area contributed by atoms with E-state index in [2.05, 4.69) is 41.3 Å². The Hall–Kier alpha value is -0.820. The van der Waals surface area contributed by atoms with Crippen molar-refractivity contribution in [3.63, 3.8) is 0 Å². The summed E-state index contributed by atoms with van der Waals surface area (Å²) in [6.07, 6.45) is 2.39. The fourth-order valence-electron chi connectivity index (χ4n) is 2.07. The van der Waals surface area contributed by atoms with Crippen molar-refractivity contribution in [1.82, 2.24) is 10.2 Å². The molecule has 1 aromatic rings. The molecule has 1 aromatic carbocycles. The lowest BCUT2D eigenvalue weighted by atomic mass is 10.1. The molecule has 0 saturated heterocycles. The van der Waals surface area contributed by atoms with Gasteiger partial charge in [0.15, 0.2) is 5.96 Å². The van der Waals surface area contributed by atoms with Gasteiger partial charge in [0.2, 0.25) is 0 Å². The van der Waals surface area contributed by atoms with Gasteiger partial charge in [0.25, 0.3) is 0 Å². The van der Waals surface area contributed by atoms with Gasteiger partial charge in [0, 0.05) is 34.3 Å². The first-order valence-corrected chi connectivity index (χ1v) is 7.22. The summed E-state index contributed by atoms with van der Waals surface area (Å²) in [6, 6.07) is 10.2. The molecular weight excluding hydrogens is 377 g/mol. The van der Waals surface area contributed by atoms with Gasteiger partial charge in [-0.1, -0.05) is 43.7 Å². The van der Waals surface area contributed by atoms with Gasteiger partial charge >= 0.3 is 0 Å². The van der Waals surface area contributed by atoms with Crippen molar-refractivity contribution >= 4 is 29.9 Å². The maximum absolute atomic E-state index is 5.56. The van der Waals surface area contributed by atoms with Crippen molar-refractivity contribution in [2.45, 2.75) is 25.9 Å². The summed E-state index contributed by atoms with van der Waals surface area (Å²) in [5, 5.41) is 3.38. The lowest BCUT2D eigenvalue weighted by Crippen LogP contribution is -2.41. The van der Waals surface area contributed by atoms with Gasteiger partial charge in [-0.15, -0.1) is 24.0 Å². The zero-order valence-electron chi connectivity index (χ0n) is 13.5. The molecule has 120 valence electrons. The Bertz CT molecular complexity index is 398. The Kier molecular flexibility index (Phi) is 11.3. The lowest BCUT2D eigenvalue weighted by molar-refractivity contribution is 0.106. The maximum Gasteiger partial charge on any atom is 0.193 e. The van der Waals surface area contributed by atoms with Crippen LogP contribution in [-0.2, 0) is 4.74 Å². The molecule has 1 unspecified atom stereocenters. The molecule has 0 aliphatic heterocycles. The van der Waals surface area contributed by atoms with Gasteiger partial charge in [-0.3, -0.25) is 4.99 Å². The highest BCUT2D eigenvalue weighted by Gasteiger charge is 2.12. The van der Waals surface area contributed by atoms with Crippen LogP contribution in [0, 0.1) is 0 Å². The third-order valence-corrected chi connectivity index (χ3v) is 3.32. The third kappa shape index (κ3) is 7.13. The summed E-state index contributed by atoms with van der Waals surface area (Å²) >= 11 is 0. The molecule has 0 fully saturated rings. The molecule has 0 spiro atoms. The van der Waals surface area contributed by atoms with Crippen LogP contribution in [0.4, 0.5) is 0 Å². The number of aliphatic imine (C=N–C) groups is 1. The van der Waals surface area contributed by atoms with E-state index in [4.69, 9.17) is 4.74 Å². The minimum absolute atomic E-state index is 0. The summed E-state index contributed by atoms with van der Waals surface area (Å²) < 4.78 is 5.56. The molecule has 0 amide bonds. The molecule has 0 aromatic heterocycles. The molecule has 0 aliphatic carbocycles. The topological polar surface area (TPSA) is 36.9 Å². The first-order chi connectivity index (χ1) is 9.72. The molecule has 1 N–H and O–H groups in total. The largest absolute Gasteiger partial charge is 0.375 e. The van der Waals surface area contributed by atoms with Crippen molar-refractivity contribution in [3.05, 3.63) is 35.9 Å². The van der Waals surface area contributed by atoms with E-state index in [1.807, 2.05) is 25.2 Å². The minimum Gasteiger partial charge on any atom is -0.375 e. The van der Waals surface area contributed by atoms with Crippen LogP contribution >= 0.6 is 24.0 Å². The number of benzene rings is 1. The molecule has 5 heteroatoms. The van der Waals surface area contributed by atoms with Crippen LogP contribution in [0.3, 0.4) is 0 Å². The molecule has 0 bridgehead atoms. The molecule has 1 rings (SSSR count). The monoisotopic (exact) mass is 405 g/mol. The number of nitrogens with zero attached hydrogens (tertiary/aromatic N) is 2. The molecule has 21 heavy (non-hydrogen) atoms. The second-order valence-electron chi connectivity index (χ2n) is 4.84. The van der Waals surface area contributed by atoms with Crippen LogP contribution in [-0.4, -0.2) is 45.2 Å². The van der Waals surface area contributed by atoms with Crippen LogP contribution in [0.5, 0.6) is 0 Å². The number of nitrogens with one attached hydrogen (secondary N) is 1. The average Bonchev–Trinajstić information content (AvgIpc) is 2.50. The standard InChI is InChI=1S/C16H27N3O.HI/c1-5-6-12-19(3)16(17-2)18-13-15(20-4)14-10-8-7-9-11-14;/h7-11,15H,5-6,12-13H2,1-4H3,(H,17,18);1H. The Morgan fingerprint density at radius 1 is 1.33 bits per heavy atom. The van der Waals surface area contributed by atoms with E-state index < -0.39 is 0 Å².